The van der Waals surface area contributed by atoms with E-state index in [9.17, 15) is 9.90 Å². The van der Waals surface area contributed by atoms with Crippen molar-refractivity contribution in [3.63, 3.8) is 0 Å². The number of rotatable bonds is 5. The van der Waals surface area contributed by atoms with E-state index in [0.29, 0.717) is 27.6 Å². The molecule has 0 unspecified atom stereocenters. The van der Waals surface area contributed by atoms with Crippen molar-refractivity contribution >= 4 is 33.3 Å². The van der Waals surface area contributed by atoms with Crippen LogP contribution in [0.5, 0.6) is 0 Å². The molecular formula is C16H19N5O2S. The summed E-state index contributed by atoms with van der Waals surface area (Å²) in [6.07, 6.45) is 1.46. The van der Waals surface area contributed by atoms with Crippen molar-refractivity contribution in [2.45, 2.75) is 40.3 Å². The Kier molecular flexibility index (Phi) is 4.23. The molecule has 0 bridgehead atoms. The van der Waals surface area contributed by atoms with Crippen LogP contribution >= 0.6 is 11.3 Å². The summed E-state index contributed by atoms with van der Waals surface area (Å²) in [7, 11) is 0. The van der Waals surface area contributed by atoms with Crippen LogP contribution in [0.25, 0.3) is 10.2 Å². The fourth-order valence-electron chi connectivity index (χ4n) is 2.78. The lowest BCUT2D eigenvalue weighted by molar-refractivity contribution is 0.0701. The topological polar surface area (TPSA) is 92.9 Å². The number of carboxylic acids is 1. The number of carboxylic acid groups (broad SMARTS) is 1. The van der Waals surface area contributed by atoms with Gasteiger partial charge in [-0.2, -0.15) is 5.10 Å². The predicted molar refractivity (Wildman–Crippen MR) is 93.9 cm³/mol. The van der Waals surface area contributed by atoms with E-state index in [-0.39, 0.29) is 6.04 Å². The molecule has 126 valence electrons. The molecule has 0 amide bonds. The number of nitrogens with zero attached hydrogens (tertiary/aromatic N) is 4. The van der Waals surface area contributed by atoms with Crippen LogP contribution in [0.4, 0.5) is 5.82 Å². The highest BCUT2D eigenvalue weighted by Crippen LogP contribution is 2.33. The molecule has 0 aliphatic carbocycles. The molecule has 0 aliphatic heterocycles. The summed E-state index contributed by atoms with van der Waals surface area (Å²) < 4.78 is 1.95. The highest BCUT2D eigenvalue weighted by atomic mass is 32.1. The van der Waals surface area contributed by atoms with E-state index in [1.807, 2.05) is 31.5 Å². The van der Waals surface area contributed by atoms with Gasteiger partial charge in [-0.05, 0) is 39.3 Å². The van der Waals surface area contributed by atoms with Crippen LogP contribution < -0.4 is 5.32 Å². The second kappa shape index (κ2) is 6.20. The first kappa shape index (κ1) is 16.4. The summed E-state index contributed by atoms with van der Waals surface area (Å²) in [6.45, 7) is 8.53. The Morgan fingerprint density at radius 3 is 2.75 bits per heavy atom. The van der Waals surface area contributed by atoms with Gasteiger partial charge in [0.1, 0.15) is 21.9 Å². The average Bonchev–Trinajstić information content (AvgIpc) is 3.00. The van der Waals surface area contributed by atoms with Crippen LogP contribution in [0.15, 0.2) is 12.4 Å². The third-order valence-corrected chi connectivity index (χ3v) is 5.04. The zero-order chi connectivity index (χ0) is 17.4. The maximum atomic E-state index is 11.3. The third kappa shape index (κ3) is 2.96. The number of fused-ring (bicyclic) bond motifs is 1. The highest BCUT2D eigenvalue weighted by Gasteiger charge is 2.19. The molecule has 7 nitrogen and oxygen atoms in total. The molecule has 0 radical (unpaired) electrons. The minimum Gasteiger partial charge on any atom is -0.477 e. The zero-order valence-corrected chi connectivity index (χ0v) is 14.8. The summed E-state index contributed by atoms with van der Waals surface area (Å²) >= 11 is 1.17. The predicted octanol–water partition coefficient (Wildman–Crippen LogP) is 3.01. The molecule has 0 fully saturated rings. The molecular weight excluding hydrogens is 326 g/mol. The molecule has 3 aromatic heterocycles. The van der Waals surface area contributed by atoms with Crippen LogP contribution in [0, 0.1) is 20.8 Å². The van der Waals surface area contributed by atoms with Gasteiger partial charge < -0.3 is 10.4 Å². The zero-order valence-electron chi connectivity index (χ0n) is 14.0. The molecule has 0 spiro atoms. The maximum Gasteiger partial charge on any atom is 0.346 e. The summed E-state index contributed by atoms with van der Waals surface area (Å²) in [5.41, 5.74) is 2.79. The fourth-order valence-corrected chi connectivity index (χ4v) is 3.77. The van der Waals surface area contributed by atoms with E-state index in [0.717, 1.165) is 16.8 Å². The minimum atomic E-state index is -0.933. The molecule has 3 heterocycles. The number of hydrogen-bond acceptors (Lipinski definition) is 6. The number of thiophene rings is 1. The monoisotopic (exact) mass is 345 g/mol. The largest absolute Gasteiger partial charge is 0.477 e. The lowest BCUT2D eigenvalue weighted by Crippen LogP contribution is -2.24. The van der Waals surface area contributed by atoms with E-state index in [1.165, 1.54) is 17.7 Å². The number of aromatic carboxylic acids is 1. The number of carbonyl (C=O) groups is 1. The number of aryl methyl sites for hydroxylation is 3. The van der Waals surface area contributed by atoms with Gasteiger partial charge in [0.15, 0.2) is 0 Å². The molecule has 0 saturated carbocycles. The lowest BCUT2D eigenvalue weighted by Gasteiger charge is -2.16. The van der Waals surface area contributed by atoms with Gasteiger partial charge in [0.05, 0.1) is 17.6 Å². The Balaban J connectivity index is 1.89. The van der Waals surface area contributed by atoms with E-state index in [1.54, 1.807) is 6.92 Å². The van der Waals surface area contributed by atoms with Crippen molar-refractivity contribution in [2.24, 2.45) is 0 Å². The van der Waals surface area contributed by atoms with Gasteiger partial charge >= 0.3 is 5.97 Å². The Hall–Kier alpha value is -2.48. The number of aromatic nitrogens is 4. The van der Waals surface area contributed by atoms with E-state index in [2.05, 4.69) is 20.4 Å². The smallest absolute Gasteiger partial charge is 0.346 e. The normalized spacial score (nSPS) is 12.5. The SMILES string of the molecule is Cc1cc(C)n(C[C@@H](C)Nc2ncnc3sc(C(=O)O)c(C)c23)n1. The van der Waals surface area contributed by atoms with Crippen molar-refractivity contribution in [3.05, 3.63) is 34.2 Å². The summed E-state index contributed by atoms with van der Waals surface area (Å²) in [5.74, 6) is -0.271. The van der Waals surface area contributed by atoms with Gasteiger partial charge in [0.25, 0.3) is 0 Å². The minimum absolute atomic E-state index is 0.0775. The number of nitrogens with one attached hydrogen (secondary N) is 1. The standard InChI is InChI=1S/C16H19N5O2S/c1-8-5-10(3)21(20-8)6-9(2)19-14-12-11(4)13(16(22)23)24-15(12)18-7-17-14/h5,7,9H,6H2,1-4H3,(H,22,23)(H,17,18,19)/t9-/m1/s1. The van der Waals surface area contributed by atoms with E-state index < -0.39 is 5.97 Å². The van der Waals surface area contributed by atoms with Crippen LogP contribution in [0.1, 0.15) is 33.5 Å². The molecule has 0 aliphatic rings. The molecule has 8 heteroatoms. The molecule has 1 atom stereocenters. The van der Waals surface area contributed by atoms with Crippen molar-refractivity contribution in [1.82, 2.24) is 19.7 Å². The van der Waals surface area contributed by atoms with Gasteiger partial charge in [-0.15, -0.1) is 11.3 Å². The van der Waals surface area contributed by atoms with Crippen LogP contribution in [-0.4, -0.2) is 36.9 Å². The van der Waals surface area contributed by atoms with Crippen molar-refractivity contribution in [1.29, 1.82) is 0 Å². The van der Waals surface area contributed by atoms with Crippen molar-refractivity contribution in [2.75, 3.05) is 5.32 Å². The first-order chi connectivity index (χ1) is 11.4. The first-order valence-corrected chi connectivity index (χ1v) is 8.43. The van der Waals surface area contributed by atoms with Gasteiger partial charge in [-0.3, -0.25) is 4.68 Å². The third-order valence-electron chi connectivity index (χ3n) is 3.85. The highest BCUT2D eigenvalue weighted by molar-refractivity contribution is 7.20. The summed E-state index contributed by atoms with van der Waals surface area (Å²) in [4.78, 5) is 20.8. The van der Waals surface area contributed by atoms with Gasteiger partial charge in [0.2, 0.25) is 0 Å². The van der Waals surface area contributed by atoms with Crippen molar-refractivity contribution in [3.8, 4) is 0 Å². The maximum absolute atomic E-state index is 11.3. The van der Waals surface area contributed by atoms with Gasteiger partial charge in [-0.1, -0.05) is 0 Å². The Morgan fingerprint density at radius 2 is 2.12 bits per heavy atom. The molecule has 3 aromatic rings. The van der Waals surface area contributed by atoms with Crippen LogP contribution in [0.2, 0.25) is 0 Å². The number of hydrogen-bond donors (Lipinski definition) is 2. The lowest BCUT2D eigenvalue weighted by atomic mass is 10.2. The Bertz CT molecular complexity index is 915. The average molecular weight is 345 g/mol. The van der Waals surface area contributed by atoms with Gasteiger partial charge in [0, 0.05) is 11.7 Å². The van der Waals surface area contributed by atoms with Crippen LogP contribution in [0.3, 0.4) is 0 Å². The summed E-state index contributed by atoms with van der Waals surface area (Å²) in [6, 6.07) is 2.12. The second-order valence-corrected chi connectivity index (χ2v) is 6.92. The molecule has 2 N–H and O–H groups in total. The van der Waals surface area contributed by atoms with Crippen LogP contribution in [-0.2, 0) is 6.54 Å². The van der Waals surface area contributed by atoms with Crippen molar-refractivity contribution < 1.29 is 9.90 Å². The Morgan fingerprint density at radius 1 is 1.38 bits per heavy atom. The second-order valence-electron chi connectivity index (χ2n) is 5.92. The fraction of sp³-hybridized carbons (Fsp3) is 0.375. The number of anilines is 1. The van der Waals surface area contributed by atoms with Gasteiger partial charge in [-0.25, -0.2) is 14.8 Å². The van der Waals surface area contributed by atoms with E-state index >= 15 is 0 Å². The molecule has 0 aromatic carbocycles. The summed E-state index contributed by atoms with van der Waals surface area (Å²) in [5, 5.41) is 17.9. The van der Waals surface area contributed by atoms with E-state index in [4.69, 9.17) is 0 Å². The molecule has 0 saturated heterocycles. The molecule has 3 rings (SSSR count). The Labute approximate surface area is 143 Å². The quantitative estimate of drug-likeness (QED) is 0.738. The molecule has 24 heavy (non-hydrogen) atoms. The first-order valence-electron chi connectivity index (χ1n) is 7.61.